The highest BCUT2D eigenvalue weighted by Crippen LogP contribution is 2.23. The molecule has 0 spiro atoms. The second kappa shape index (κ2) is 8.21. The highest BCUT2D eigenvalue weighted by atomic mass is 32.1. The smallest absolute Gasteiger partial charge is 0.257 e. The maximum absolute atomic E-state index is 12.2. The number of hydrogen-bond acceptors (Lipinski definition) is 6. The molecule has 0 fully saturated rings. The summed E-state index contributed by atoms with van der Waals surface area (Å²) in [6, 6.07) is 3.78. The van der Waals surface area contributed by atoms with Crippen LogP contribution in [-0.2, 0) is 11.3 Å². The number of nitrogens with zero attached hydrogens (tertiary/aromatic N) is 3. The molecule has 126 valence electrons. The largest absolute Gasteiger partial charge is 0.419 e. The lowest BCUT2D eigenvalue weighted by Gasteiger charge is -2.27. The van der Waals surface area contributed by atoms with Gasteiger partial charge in [0.25, 0.3) is 5.89 Å². The van der Waals surface area contributed by atoms with E-state index in [0.717, 1.165) is 17.8 Å². The van der Waals surface area contributed by atoms with Gasteiger partial charge < -0.3 is 9.73 Å². The van der Waals surface area contributed by atoms with Gasteiger partial charge in [0.1, 0.15) is 0 Å². The third-order valence-corrected chi connectivity index (χ3v) is 4.26. The molecular formula is C16H24N4O2S. The topological polar surface area (TPSA) is 71.3 Å². The van der Waals surface area contributed by atoms with Crippen LogP contribution in [0.25, 0.3) is 10.8 Å². The van der Waals surface area contributed by atoms with Crippen molar-refractivity contribution in [1.82, 2.24) is 20.4 Å². The Labute approximate surface area is 140 Å². The maximum Gasteiger partial charge on any atom is 0.257 e. The number of carbonyl (C=O) groups excluding carboxylic acids is 1. The summed E-state index contributed by atoms with van der Waals surface area (Å²) in [6.07, 6.45) is 0.950. The molecule has 1 atom stereocenters. The Morgan fingerprint density at radius 2 is 2.17 bits per heavy atom. The summed E-state index contributed by atoms with van der Waals surface area (Å²) >= 11 is 1.56. The van der Waals surface area contributed by atoms with Gasteiger partial charge in [0.05, 0.1) is 17.5 Å². The van der Waals surface area contributed by atoms with Crippen LogP contribution in [0.5, 0.6) is 0 Å². The van der Waals surface area contributed by atoms with Gasteiger partial charge in [0.15, 0.2) is 0 Å². The first-order chi connectivity index (χ1) is 11.0. The molecular weight excluding hydrogens is 312 g/mol. The van der Waals surface area contributed by atoms with Crippen LogP contribution in [0.15, 0.2) is 21.9 Å². The molecule has 7 heteroatoms. The lowest BCUT2D eigenvalue weighted by atomic mass is 10.2. The Morgan fingerprint density at radius 1 is 1.39 bits per heavy atom. The Kier molecular flexibility index (Phi) is 6.29. The van der Waals surface area contributed by atoms with E-state index in [1.807, 2.05) is 38.3 Å². The Morgan fingerprint density at radius 3 is 2.78 bits per heavy atom. The zero-order chi connectivity index (χ0) is 16.8. The summed E-state index contributed by atoms with van der Waals surface area (Å²) in [5.41, 5.74) is 0. The van der Waals surface area contributed by atoms with Crippen LogP contribution in [0.1, 0.15) is 40.0 Å². The van der Waals surface area contributed by atoms with Crippen LogP contribution in [-0.4, -0.2) is 39.6 Å². The Bertz CT molecular complexity index is 609. The average Bonchev–Trinajstić information content (AvgIpc) is 3.16. The van der Waals surface area contributed by atoms with Crippen LogP contribution < -0.4 is 5.32 Å². The molecule has 0 aliphatic rings. The quantitative estimate of drug-likeness (QED) is 0.802. The highest BCUT2D eigenvalue weighted by Gasteiger charge is 2.23. The van der Waals surface area contributed by atoms with Gasteiger partial charge in [-0.25, -0.2) is 0 Å². The molecule has 23 heavy (non-hydrogen) atoms. The molecule has 0 aliphatic heterocycles. The minimum atomic E-state index is -0.241. The fraction of sp³-hybridized carbons (Fsp3) is 0.562. The molecule has 0 aromatic carbocycles. The molecule has 0 radical (unpaired) electrons. The number of aromatic nitrogens is 2. The van der Waals surface area contributed by atoms with Crippen molar-refractivity contribution in [3.05, 3.63) is 23.4 Å². The number of hydrogen-bond donors (Lipinski definition) is 1. The standard InChI is InChI=1S/C16H24N4O2S/c1-5-8-20(12(4)15(21)17-11(2)3)10-14-18-19-16(22-14)13-7-6-9-23-13/h6-7,9,11-12H,5,8,10H2,1-4H3,(H,17,21)/t12-/m1/s1. The number of nitrogens with one attached hydrogen (secondary N) is 1. The first-order valence-corrected chi connectivity index (χ1v) is 8.80. The van der Waals surface area contributed by atoms with Gasteiger partial charge in [-0.15, -0.1) is 21.5 Å². The van der Waals surface area contributed by atoms with E-state index >= 15 is 0 Å². The monoisotopic (exact) mass is 336 g/mol. The third kappa shape index (κ3) is 4.87. The summed E-state index contributed by atoms with van der Waals surface area (Å²) in [5.74, 6) is 1.09. The second-order valence-corrected chi connectivity index (χ2v) is 6.74. The minimum absolute atomic E-state index is 0.0199. The number of carbonyl (C=O) groups is 1. The van der Waals surface area contributed by atoms with Crippen molar-refractivity contribution in [2.24, 2.45) is 0 Å². The van der Waals surface area contributed by atoms with E-state index in [0.29, 0.717) is 18.3 Å². The van der Waals surface area contributed by atoms with Gasteiger partial charge in [-0.1, -0.05) is 13.0 Å². The van der Waals surface area contributed by atoms with Gasteiger partial charge in [-0.05, 0) is 45.2 Å². The summed E-state index contributed by atoms with van der Waals surface area (Å²) in [4.78, 5) is 15.2. The van der Waals surface area contributed by atoms with E-state index in [-0.39, 0.29) is 18.0 Å². The first-order valence-electron chi connectivity index (χ1n) is 7.92. The molecule has 2 rings (SSSR count). The van der Waals surface area contributed by atoms with Gasteiger partial charge in [0, 0.05) is 6.04 Å². The van der Waals surface area contributed by atoms with Crippen LogP contribution in [0.4, 0.5) is 0 Å². The predicted molar refractivity (Wildman–Crippen MR) is 91.1 cm³/mol. The van der Waals surface area contributed by atoms with Crippen LogP contribution in [0.3, 0.4) is 0 Å². The van der Waals surface area contributed by atoms with Crippen molar-refractivity contribution >= 4 is 17.2 Å². The zero-order valence-corrected chi connectivity index (χ0v) is 14.9. The molecule has 0 saturated carbocycles. The summed E-state index contributed by atoms with van der Waals surface area (Å²) < 4.78 is 5.73. The van der Waals surface area contributed by atoms with Gasteiger partial charge in [-0.2, -0.15) is 0 Å². The number of rotatable bonds is 8. The van der Waals surface area contributed by atoms with Gasteiger partial charge in [-0.3, -0.25) is 9.69 Å². The third-order valence-electron chi connectivity index (χ3n) is 3.41. The molecule has 0 aliphatic carbocycles. The molecule has 1 N–H and O–H groups in total. The lowest BCUT2D eigenvalue weighted by molar-refractivity contribution is -0.126. The zero-order valence-electron chi connectivity index (χ0n) is 14.1. The van der Waals surface area contributed by atoms with Crippen molar-refractivity contribution in [2.45, 2.75) is 52.7 Å². The highest BCUT2D eigenvalue weighted by molar-refractivity contribution is 7.13. The van der Waals surface area contributed by atoms with E-state index in [1.54, 1.807) is 11.3 Å². The normalized spacial score (nSPS) is 12.8. The fourth-order valence-corrected chi connectivity index (χ4v) is 2.90. The summed E-state index contributed by atoms with van der Waals surface area (Å²) in [7, 11) is 0. The maximum atomic E-state index is 12.2. The number of thiophene rings is 1. The molecule has 0 unspecified atom stereocenters. The average molecular weight is 336 g/mol. The molecule has 0 saturated heterocycles. The minimum Gasteiger partial charge on any atom is -0.419 e. The molecule has 2 aromatic rings. The Hall–Kier alpha value is -1.73. The van der Waals surface area contributed by atoms with Crippen molar-refractivity contribution < 1.29 is 9.21 Å². The van der Waals surface area contributed by atoms with E-state index in [4.69, 9.17) is 4.42 Å². The molecule has 0 bridgehead atoms. The van der Waals surface area contributed by atoms with Gasteiger partial charge >= 0.3 is 0 Å². The second-order valence-electron chi connectivity index (χ2n) is 5.79. The van der Waals surface area contributed by atoms with Crippen LogP contribution in [0.2, 0.25) is 0 Å². The molecule has 2 heterocycles. The van der Waals surface area contributed by atoms with E-state index < -0.39 is 0 Å². The van der Waals surface area contributed by atoms with Crippen LogP contribution in [0, 0.1) is 0 Å². The molecule has 2 aromatic heterocycles. The predicted octanol–water partition coefficient (Wildman–Crippen LogP) is 2.92. The van der Waals surface area contributed by atoms with Crippen LogP contribution >= 0.6 is 11.3 Å². The summed E-state index contributed by atoms with van der Waals surface area (Å²) in [6.45, 7) is 9.18. The SMILES string of the molecule is CCCN(Cc1nnc(-c2cccs2)o1)[C@H](C)C(=O)NC(C)C. The first kappa shape index (κ1) is 17.6. The van der Waals surface area contributed by atoms with Crippen molar-refractivity contribution in [2.75, 3.05) is 6.54 Å². The molecule has 6 nitrogen and oxygen atoms in total. The van der Waals surface area contributed by atoms with E-state index in [9.17, 15) is 4.79 Å². The van der Waals surface area contributed by atoms with E-state index in [2.05, 4.69) is 27.3 Å². The fourth-order valence-electron chi connectivity index (χ4n) is 2.26. The van der Waals surface area contributed by atoms with E-state index in [1.165, 1.54) is 0 Å². The number of amides is 1. The van der Waals surface area contributed by atoms with Crippen molar-refractivity contribution in [3.63, 3.8) is 0 Å². The van der Waals surface area contributed by atoms with Crippen molar-refractivity contribution in [1.29, 1.82) is 0 Å². The Balaban J connectivity index is 2.05. The van der Waals surface area contributed by atoms with Gasteiger partial charge in [0.2, 0.25) is 11.8 Å². The molecule has 1 amide bonds. The van der Waals surface area contributed by atoms with Crippen molar-refractivity contribution in [3.8, 4) is 10.8 Å². The lowest BCUT2D eigenvalue weighted by Crippen LogP contribution is -2.47. The summed E-state index contributed by atoms with van der Waals surface area (Å²) in [5, 5.41) is 13.1.